The van der Waals surface area contributed by atoms with Crippen LogP contribution in [0, 0.1) is 0 Å². The second-order valence-electron chi connectivity index (χ2n) is 5.55. The number of nitrogens with two attached hydrogens (primary N) is 1. The van der Waals surface area contributed by atoms with Crippen LogP contribution in [0.5, 0.6) is 5.75 Å². The van der Waals surface area contributed by atoms with Crippen molar-refractivity contribution in [3.05, 3.63) is 28.2 Å². The Balaban J connectivity index is 1.98. The van der Waals surface area contributed by atoms with Crippen LogP contribution in [0.4, 0.5) is 0 Å². The van der Waals surface area contributed by atoms with Gasteiger partial charge in [-0.15, -0.1) is 0 Å². The van der Waals surface area contributed by atoms with E-state index in [4.69, 9.17) is 10.5 Å². The van der Waals surface area contributed by atoms with E-state index in [2.05, 4.69) is 15.9 Å². The Kier molecular flexibility index (Phi) is 6.06. The van der Waals surface area contributed by atoms with E-state index in [1.54, 1.807) is 0 Å². The Labute approximate surface area is 134 Å². The van der Waals surface area contributed by atoms with Gasteiger partial charge < -0.3 is 15.4 Å². The zero-order valence-electron chi connectivity index (χ0n) is 12.5. The zero-order valence-corrected chi connectivity index (χ0v) is 14.1. The van der Waals surface area contributed by atoms with Gasteiger partial charge in [-0.3, -0.25) is 4.79 Å². The van der Waals surface area contributed by atoms with E-state index in [1.165, 1.54) is 12.8 Å². The summed E-state index contributed by atoms with van der Waals surface area (Å²) in [7, 11) is 0. The number of nitrogens with zero attached hydrogens (tertiary/aromatic N) is 1. The number of rotatable bonds is 4. The molecule has 0 radical (unpaired) electrons. The van der Waals surface area contributed by atoms with Crippen molar-refractivity contribution in [3.63, 3.8) is 0 Å². The van der Waals surface area contributed by atoms with Crippen LogP contribution in [-0.4, -0.2) is 30.5 Å². The van der Waals surface area contributed by atoms with Gasteiger partial charge in [-0.25, -0.2) is 0 Å². The summed E-state index contributed by atoms with van der Waals surface area (Å²) < 4.78 is 6.65. The highest BCUT2D eigenvalue weighted by atomic mass is 79.9. The molecule has 116 valence electrons. The maximum absolute atomic E-state index is 12.2. The van der Waals surface area contributed by atoms with E-state index >= 15 is 0 Å². The van der Waals surface area contributed by atoms with Crippen LogP contribution in [0.3, 0.4) is 0 Å². The van der Waals surface area contributed by atoms with Crippen molar-refractivity contribution >= 4 is 21.8 Å². The molecule has 1 aromatic carbocycles. The summed E-state index contributed by atoms with van der Waals surface area (Å²) in [6.07, 6.45) is 4.61. The van der Waals surface area contributed by atoms with Gasteiger partial charge in [0.25, 0.3) is 5.91 Å². The van der Waals surface area contributed by atoms with Crippen molar-refractivity contribution in [1.29, 1.82) is 0 Å². The van der Waals surface area contributed by atoms with Crippen molar-refractivity contribution in [2.24, 2.45) is 5.73 Å². The molecule has 4 nitrogen and oxygen atoms in total. The first kappa shape index (κ1) is 16.3. The second-order valence-corrected chi connectivity index (χ2v) is 6.47. The molecule has 2 N–H and O–H groups in total. The van der Waals surface area contributed by atoms with Gasteiger partial charge in [0, 0.05) is 29.2 Å². The Morgan fingerprint density at radius 3 is 2.62 bits per heavy atom. The average molecular weight is 355 g/mol. The number of carbonyl (C=O) groups excluding carboxylic acids is 1. The molecule has 1 saturated heterocycles. The van der Waals surface area contributed by atoms with Gasteiger partial charge in [0.05, 0.1) is 0 Å². The minimum absolute atomic E-state index is 0.0625. The number of amides is 1. The monoisotopic (exact) mass is 354 g/mol. The molecule has 1 unspecified atom stereocenters. The molecular weight excluding hydrogens is 332 g/mol. The molecule has 1 aromatic rings. The van der Waals surface area contributed by atoms with Crippen molar-refractivity contribution < 1.29 is 9.53 Å². The van der Waals surface area contributed by atoms with Gasteiger partial charge in [-0.05, 0) is 31.9 Å². The molecule has 1 amide bonds. The first-order valence-electron chi connectivity index (χ1n) is 7.53. The lowest BCUT2D eigenvalue weighted by molar-refractivity contribution is -0.133. The van der Waals surface area contributed by atoms with E-state index < -0.39 is 0 Å². The summed E-state index contributed by atoms with van der Waals surface area (Å²) in [6.45, 7) is 3.69. The summed E-state index contributed by atoms with van der Waals surface area (Å²) in [4.78, 5) is 14.2. The van der Waals surface area contributed by atoms with Crippen LogP contribution >= 0.6 is 15.9 Å². The summed E-state index contributed by atoms with van der Waals surface area (Å²) >= 11 is 3.42. The van der Waals surface area contributed by atoms with Crippen molar-refractivity contribution in [2.45, 2.75) is 38.6 Å². The lowest BCUT2D eigenvalue weighted by Crippen LogP contribution is -2.35. The lowest BCUT2D eigenvalue weighted by atomic mass is 10.1. The highest BCUT2D eigenvalue weighted by Crippen LogP contribution is 2.27. The predicted octanol–water partition coefficient (Wildman–Crippen LogP) is 3.25. The van der Waals surface area contributed by atoms with E-state index in [0.717, 1.165) is 36.0 Å². The van der Waals surface area contributed by atoms with Crippen molar-refractivity contribution in [2.75, 3.05) is 19.7 Å². The van der Waals surface area contributed by atoms with Crippen LogP contribution in [0.2, 0.25) is 0 Å². The number of benzene rings is 1. The Hall–Kier alpha value is -1.07. The highest BCUT2D eigenvalue weighted by Gasteiger charge is 2.17. The van der Waals surface area contributed by atoms with Crippen LogP contribution in [-0.2, 0) is 4.79 Å². The molecule has 1 aliphatic heterocycles. The maximum atomic E-state index is 12.2. The molecule has 1 atom stereocenters. The molecule has 0 aromatic heterocycles. The number of carbonyl (C=O) groups is 1. The third-order valence-electron chi connectivity index (χ3n) is 3.78. The number of likely N-dealkylation sites (tertiary alicyclic amines) is 1. The molecule has 2 rings (SSSR count). The van der Waals surface area contributed by atoms with Gasteiger partial charge in [0.1, 0.15) is 5.75 Å². The summed E-state index contributed by atoms with van der Waals surface area (Å²) in [5.74, 6) is 0.745. The van der Waals surface area contributed by atoms with Crippen molar-refractivity contribution in [1.82, 2.24) is 4.90 Å². The second kappa shape index (κ2) is 7.80. The largest absolute Gasteiger partial charge is 0.483 e. The zero-order chi connectivity index (χ0) is 15.2. The fraction of sp³-hybridized carbons (Fsp3) is 0.562. The SMILES string of the molecule is CC(N)c1ccc(Br)cc1OCC(=O)N1CCCCCC1. The highest BCUT2D eigenvalue weighted by molar-refractivity contribution is 9.10. The Bertz CT molecular complexity index is 483. The fourth-order valence-electron chi connectivity index (χ4n) is 2.56. The van der Waals surface area contributed by atoms with Gasteiger partial charge in [0.15, 0.2) is 6.61 Å². The predicted molar refractivity (Wildman–Crippen MR) is 87.3 cm³/mol. The van der Waals surface area contributed by atoms with E-state index in [9.17, 15) is 4.79 Å². The molecule has 0 bridgehead atoms. The molecule has 1 fully saturated rings. The third-order valence-corrected chi connectivity index (χ3v) is 4.27. The quantitative estimate of drug-likeness (QED) is 0.902. The molecule has 1 heterocycles. The Morgan fingerprint density at radius 2 is 2.00 bits per heavy atom. The number of ether oxygens (including phenoxy) is 1. The summed E-state index contributed by atoms with van der Waals surface area (Å²) in [6, 6.07) is 5.61. The Morgan fingerprint density at radius 1 is 1.33 bits per heavy atom. The molecule has 21 heavy (non-hydrogen) atoms. The summed E-state index contributed by atoms with van der Waals surface area (Å²) in [5.41, 5.74) is 6.86. The first-order valence-corrected chi connectivity index (χ1v) is 8.33. The van der Waals surface area contributed by atoms with Crippen LogP contribution < -0.4 is 10.5 Å². The fourth-order valence-corrected chi connectivity index (χ4v) is 2.90. The van der Waals surface area contributed by atoms with Crippen LogP contribution in [0.1, 0.15) is 44.2 Å². The van der Waals surface area contributed by atoms with E-state index in [0.29, 0.717) is 5.75 Å². The molecule has 0 saturated carbocycles. The minimum Gasteiger partial charge on any atom is -0.483 e. The van der Waals surface area contributed by atoms with Crippen LogP contribution in [0.15, 0.2) is 22.7 Å². The number of halogens is 1. The van der Waals surface area contributed by atoms with E-state index in [1.807, 2.05) is 30.0 Å². The number of hydrogen-bond donors (Lipinski definition) is 1. The first-order chi connectivity index (χ1) is 10.1. The van der Waals surface area contributed by atoms with Crippen molar-refractivity contribution in [3.8, 4) is 5.75 Å². The minimum atomic E-state index is -0.124. The van der Waals surface area contributed by atoms with Crippen LogP contribution in [0.25, 0.3) is 0 Å². The molecular formula is C16H23BrN2O2. The van der Waals surface area contributed by atoms with Gasteiger partial charge in [-0.1, -0.05) is 34.8 Å². The molecule has 1 aliphatic rings. The molecule has 0 aliphatic carbocycles. The number of hydrogen-bond acceptors (Lipinski definition) is 3. The smallest absolute Gasteiger partial charge is 0.260 e. The normalized spacial score (nSPS) is 17.2. The molecule has 0 spiro atoms. The van der Waals surface area contributed by atoms with Gasteiger partial charge in [0.2, 0.25) is 0 Å². The third kappa shape index (κ3) is 4.71. The average Bonchev–Trinajstić information content (AvgIpc) is 2.73. The van der Waals surface area contributed by atoms with Gasteiger partial charge >= 0.3 is 0 Å². The van der Waals surface area contributed by atoms with E-state index in [-0.39, 0.29) is 18.6 Å². The topological polar surface area (TPSA) is 55.6 Å². The molecule has 5 heteroatoms. The summed E-state index contributed by atoms with van der Waals surface area (Å²) in [5, 5.41) is 0. The lowest BCUT2D eigenvalue weighted by Gasteiger charge is -2.21. The standard InChI is InChI=1S/C16H23BrN2O2/c1-12(18)14-7-6-13(17)10-15(14)21-11-16(20)19-8-4-2-3-5-9-19/h6-7,10,12H,2-5,8-9,11,18H2,1H3. The maximum Gasteiger partial charge on any atom is 0.260 e. The van der Waals surface area contributed by atoms with Gasteiger partial charge in [-0.2, -0.15) is 0 Å².